The number of aromatic amines is 1. The average molecular weight is 199 g/mol. The van der Waals surface area contributed by atoms with E-state index >= 15 is 0 Å². The molecule has 74 valence electrons. The fourth-order valence-electron chi connectivity index (χ4n) is 1.53. The predicted octanol–water partition coefficient (Wildman–Crippen LogP) is 1.58. The van der Waals surface area contributed by atoms with E-state index in [0.29, 0.717) is 0 Å². The highest BCUT2D eigenvalue weighted by Gasteiger charge is 2.06. The van der Waals surface area contributed by atoms with Crippen molar-refractivity contribution >= 4 is 22.9 Å². The molecule has 4 nitrogen and oxygen atoms in total. The van der Waals surface area contributed by atoms with Crippen LogP contribution < -0.4 is 0 Å². The number of nitrogens with one attached hydrogen (secondary N) is 1. The van der Waals surface area contributed by atoms with Crippen molar-refractivity contribution in [1.82, 2.24) is 4.98 Å². The maximum Gasteiger partial charge on any atom is 0.323 e. The van der Waals surface area contributed by atoms with Crippen LogP contribution in [0.5, 0.6) is 0 Å². The SMILES string of the molecule is [N-]=[N+]=CC(=O)Cc1cc2ccccc2[nH]1. The molecule has 0 bridgehead atoms. The van der Waals surface area contributed by atoms with E-state index in [2.05, 4.69) is 9.77 Å². The molecule has 0 fully saturated rings. The molecular weight excluding hydrogens is 190 g/mol. The van der Waals surface area contributed by atoms with Gasteiger partial charge in [-0.3, -0.25) is 4.79 Å². The fourth-order valence-corrected chi connectivity index (χ4v) is 1.53. The quantitative estimate of drug-likeness (QED) is 0.455. The molecule has 0 radical (unpaired) electrons. The summed E-state index contributed by atoms with van der Waals surface area (Å²) in [7, 11) is 0. The third-order valence-corrected chi connectivity index (χ3v) is 2.15. The maximum absolute atomic E-state index is 11.2. The Morgan fingerprint density at radius 2 is 2.27 bits per heavy atom. The molecule has 0 amide bonds. The van der Waals surface area contributed by atoms with Crippen molar-refractivity contribution in [3.63, 3.8) is 0 Å². The van der Waals surface area contributed by atoms with Crippen molar-refractivity contribution in [2.75, 3.05) is 0 Å². The Balaban J connectivity index is 2.29. The smallest absolute Gasteiger partial charge is 0.323 e. The fraction of sp³-hybridized carbons (Fsp3) is 0.0909. The minimum atomic E-state index is -0.232. The van der Waals surface area contributed by atoms with Crippen LogP contribution in [0.15, 0.2) is 30.3 Å². The molecule has 2 aromatic rings. The summed E-state index contributed by atoms with van der Waals surface area (Å²) in [5.74, 6) is -0.232. The molecule has 1 heterocycles. The van der Waals surface area contributed by atoms with E-state index < -0.39 is 0 Å². The summed E-state index contributed by atoms with van der Waals surface area (Å²) in [5.41, 5.74) is 10.0. The van der Waals surface area contributed by atoms with Gasteiger partial charge in [-0.2, -0.15) is 4.79 Å². The number of aromatic nitrogens is 1. The number of benzene rings is 1. The summed E-state index contributed by atoms with van der Waals surface area (Å²) in [6, 6.07) is 9.71. The standard InChI is InChI=1S/C11H9N3O/c12-13-7-10(15)6-9-5-8-3-1-2-4-11(8)14-9/h1-5,7,14H,6H2. The van der Waals surface area contributed by atoms with Gasteiger partial charge >= 0.3 is 6.21 Å². The summed E-state index contributed by atoms with van der Waals surface area (Å²) in [6.45, 7) is 0. The number of fused-ring (bicyclic) bond motifs is 1. The second-order valence-corrected chi connectivity index (χ2v) is 3.27. The highest BCUT2D eigenvalue weighted by Crippen LogP contribution is 2.14. The van der Waals surface area contributed by atoms with Gasteiger partial charge in [0.05, 0.1) is 6.42 Å². The van der Waals surface area contributed by atoms with E-state index in [1.807, 2.05) is 30.3 Å². The lowest BCUT2D eigenvalue weighted by atomic mass is 10.2. The molecule has 1 aromatic carbocycles. The third-order valence-electron chi connectivity index (χ3n) is 2.15. The Morgan fingerprint density at radius 1 is 1.47 bits per heavy atom. The van der Waals surface area contributed by atoms with Gasteiger partial charge in [0, 0.05) is 11.2 Å². The number of hydrogen-bond donors (Lipinski definition) is 1. The van der Waals surface area contributed by atoms with Crippen LogP contribution in [0.1, 0.15) is 5.69 Å². The molecule has 0 saturated carbocycles. The van der Waals surface area contributed by atoms with Crippen LogP contribution in [0.4, 0.5) is 0 Å². The second-order valence-electron chi connectivity index (χ2n) is 3.27. The molecule has 0 spiro atoms. The molecule has 1 aromatic heterocycles. The molecule has 0 atom stereocenters. The summed E-state index contributed by atoms with van der Waals surface area (Å²) in [4.78, 5) is 17.0. The molecule has 4 heteroatoms. The minimum absolute atomic E-state index is 0.221. The van der Waals surface area contributed by atoms with Crippen LogP contribution in [0.2, 0.25) is 0 Å². The average Bonchev–Trinajstić information content (AvgIpc) is 2.59. The zero-order valence-electron chi connectivity index (χ0n) is 7.97. The molecule has 2 rings (SSSR count). The Labute approximate surface area is 86.2 Å². The lowest BCUT2D eigenvalue weighted by molar-refractivity contribution is -0.115. The van der Waals surface area contributed by atoms with Crippen LogP contribution in [0.3, 0.4) is 0 Å². The van der Waals surface area contributed by atoms with Gasteiger partial charge in [0.1, 0.15) is 0 Å². The monoisotopic (exact) mass is 199 g/mol. The predicted molar refractivity (Wildman–Crippen MR) is 56.7 cm³/mol. The van der Waals surface area contributed by atoms with E-state index in [9.17, 15) is 4.79 Å². The summed E-state index contributed by atoms with van der Waals surface area (Å²) < 4.78 is 0. The minimum Gasteiger partial charge on any atom is -0.361 e. The first-order chi connectivity index (χ1) is 7.29. The van der Waals surface area contributed by atoms with Gasteiger partial charge in [-0.15, -0.1) is 0 Å². The Morgan fingerprint density at radius 3 is 3.00 bits per heavy atom. The second kappa shape index (κ2) is 3.90. The van der Waals surface area contributed by atoms with Crippen molar-refractivity contribution < 1.29 is 9.58 Å². The van der Waals surface area contributed by atoms with Gasteiger partial charge < -0.3 is 10.5 Å². The van der Waals surface area contributed by atoms with Gasteiger partial charge in [0.2, 0.25) is 5.78 Å². The Kier molecular flexibility index (Phi) is 2.44. The number of Topliss-reactive ketones (excluding diaryl/α,β-unsaturated/α-hetero) is 1. The van der Waals surface area contributed by atoms with Gasteiger partial charge in [-0.1, -0.05) is 18.2 Å². The lowest BCUT2D eigenvalue weighted by Crippen LogP contribution is -2.04. The van der Waals surface area contributed by atoms with E-state index in [-0.39, 0.29) is 12.2 Å². The molecule has 0 saturated heterocycles. The molecule has 0 aliphatic carbocycles. The van der Waals surface area contributed by atoms with Crippen molar-refractivity contribution in [3.8, 4) is 0 Å². The highest BCUT2D eigenvalue weighted by atomic mass is 16.1. The van der Waals surface area contributed by atoms with Crippen molar-refractivity contribution in [2.24, 2.45) is 0 Å². The first-order valence-electron chi connectivity index (χ1n) is 4.56. The number of H-pyrrole nitrogens is 1. The van der Waals surface area contributed by atoms with Gasteiger partial charge in [-0.25, -0.2) is 0 Å². The summed E-state index contributed by atoms with van der Waals surface area (Å²) >= 11 is 0. The van der Waals surface area contributed by atoms with Crippen molar-refractivity contribution in [1.29, 1.82) is 0 Å². The topological polar surface area (TPSA) is 69.3 Å². The number of carbonyl (C=O) groups is 1. The zero-order valence-corrected chi connectivity index (χ0v) is 7.97. The Bertz CT molecular complexity index is 517. The number of ketones is 1. The third kappa shape index (κ3) is 2.00. The molecule has 0 unspecified atom stereocenters. The summed E-state index contributed by atoms with van der Waals surface area (Å²) in [5, 5.41) is 1.07. The number of nitrogens with zero attached hydrogens (tertiary/aromatic N) is 2. The molecule has 1 N–H and O–H groups in total. The molecule has 15 heavy (non-hydrogen) atoms. The molecular formula is C11H9N3O. The number of hydrogen-bond acceptors (Lipinski definition) is 1. The number of para-hydroxylation sites is 1. The van der Waals surface area contributed by atoms with Crippen LogP contribution in [-0.4, -0.2) is 21.8 Å². The Hall–Kier alpha value is -2.19. The number of carbonyl (C=O) groups excluding carboxylic acids is 1. The lowest BCUT2D eigenvalue weighted by Gasteiger charge is -1.87. The van der Waals surface area contributed by atoms with Crippen LogP contribution in [0.25, 0.3) is 16.4 Å². The van der Waals surface area contributed by atoms with E-state index in [1.165, 1.54) is 0 Å². The van der Waals surface area contributed by atoms with E-state index in [4.69, 9.17) is 5.53 Å². The molecule has 0 aliphatic rings. The maximum atomic E-state index is 11.2. The van der Waals surface area contributed by atoms with Crippen molar-refractivity contribution in [3.05, 3.63) is 41.6 Å². The number of rotatable bonds is 3. The van der Waals surface area contributed by atoms with Gasteiger partial charge in [0.25, 0.3) is 0 Å². The van der Waals surface area contributed by atoms with Crippen LogP contribution in [-0.2, 0) is 11.2 Å². The van der Waals surface area contributed by atoms with E-state index in [0.717, 1.165) is 22.8 Å². The molecule has 0 aliphatic heterocycles. The van der Waals surface area contributed by atoms with Gasteiger partial charge in [0.15, 0.2) is 0 Å². The van der Waals surface area contributed by atoms with Gasteiger partial charge in [-0.05, 0) is 17.5 Å². The van der Waals surface area contributed by atoms with Crippen LogP contribution in [0, 0.1) is 0 Å². The van der Waals surface area contributed by atoms with E-state index in [1.54, 1.807) is 0 Å². The van der Waals surface area contributed by atoms with Crippen molar-refractivity contribution in [2.45, 2.75) is 6.42 Å². The first kappa shape index (κ1) is 9.37. The first-order valence-corrected chi connectivity index (χ1v) is 4.56. The zero-order chi connectivity index (χ0) is 10.7. The van der Waals surface area contributed by atoms with Crippen LogP contribution >= 0.6 is 0 Å². The normalized spacial score (nSPS) is 9.87. The summed E-state index contributed by atoms with van der Waals surface area (Å²) in [6.07, 6.45) is 1.13. The highest BCUT2D eigenvalue weighted by molar-refractivity contribution is 6.25. The largest absolute Gasteiger partial charge is 0.361 e.